The minimum absolute atomic E-state index is 0.125. The lowest BCUT2D eigenvalue weighted by Crippen LogP contribution is -2.24. The molecule has 0 aliphatic carbocycles. The first-order valence-corrected chi connectivity index (χ1v) is 8.81. The number of nitrogens with zero attached hydrogens (tertiary/aromatic N) is 2. The molecule has 1 saturated heterocycles. The van der Waals surface area contributed by atoms with E-state index in [9.17, 15) is 0 Å². The number of aromatic nitrogens is 2. The Morgan fingerprint density at radius 3 is 2.92 bits per heavy atom. The second-order valence-electron chi connectivity index (χ2n) is 6.25. The number of methoxy groups -OCH3 is 2. The molecule has 1 aromatic heterocycles. The quantitative estimate of drug-likeness (QED) is 0.797. The number of aryl methyl sites for hydroxylation is 1. The molecule has 6 nitrogen and oxygen atoms in total. The summed E-state index contributed by atoms with van der Waals surface area (Å²) in [6.45, 7) is 5.40. The fourth-order valence-electron chi connectivity index (χ4n) is 3.40. The van der Waals surface area contributed by atoms with Gasteiger partial charge in [0.1, 0.15) is 0 Å². The molecule has 6 heteroatoms. The van der Waals surface area contributed by atoms with Crippen LogP contribution in [0.15, 0.2) is 30.6 Å². The summed E-state index contributed by atoms with van der Waals surface area (Å²) >= 11 is 0. The Labute approximate surface area is 149 Å². The normalized spacial score (nSPS) is 20.0. The van der Waals surface area contributed by atoms with E-state index in [1.54, 1.807) is 14.2 Å². The first kappa shape index (κ1) is 17.8. The summed E-state index contributed by atoms with van der Waals surface area (Å²) < 4.78 is 18.8. The van der Waals surface area contributed by atoms with Gasteiger partial charge in [0.15, 0.2) is 11.5 Å². The summed E-state index contributed by atoms with van der Waals surface area (Å²) in [5, 5.41) is 7.92. The number of hydrogen-bond acceptors (Lipinski definition) is 5. The Morgan fingerprint density at radius 1 is 1.32 bits per heavy atom. The summed E-state index contributed by atoms with van der Waals surface area (Å²) in [4.78, 5) is 0. The van der Waals surface area contributed by atoms with Crippen LogP contribution in [-0.4, -0.2) is 37.2 Å². The van der Waals surface area contributed by atoms with Crippen molar-refractivity contribution in [2.24, 2.45) is 5.92 Å². The van der Waals surface area contributed by atoms with Crippen LogP contribution in [0.2, 0.25) is 0 Å². The second kappa shape index (κ2) is 8.36. The van der Waals surface area contributed by atoms with Crippen LogP contribution >= 0.6 is 0 Å². The van der Waals surface area contributed by atoms with Crippen molar-refractivity contribution in [1.82, 2.24) is 15.1 Å². The van der Waals surface area contributed by atoms with E-state index in [2.05, 4.69) is 29.6 Å². The SMILES string of the molecule is CCn1cc(C2OCCC2CNCc2cccc(OC)c2OC)cn1. The van der Waals surface area contributed by atoms with Crippen LogP contribution in [0.4, 0.5) is 0 Å². The van der Waals surface area contributed by atoms with Crippen molar-refractivity contribution in [2.45, 2.75) is 32.5 Å². The number of benzene rings is 1. The zero-order valence-electron chi connectivity index (χ0n) is 15.2. The molecule has 0 radical (unpaired) electrons. The standard InChI is InChI=1S/C19H27N3O3/c1-4-22-13-16(12-21-22)18-15(8-9-25-18)11-20-10-14-6-5-7-17(23-2)19(14)24-3/h5-7,12-13,15,18,20H,4,8-11H2,1-3H3. The molecule has 0 saturated carbocycles. The van der Waals surface area contributed by atoms with Crippen molar-refractivity contribution in [1.29, 1.82) is 0 Å². The molecule has 2 heterocycles. The predicted molar refractivity (Wildman–Crippen MR) is 96.0 cm³/mol. The predicted octanol–water partition coefficient (Wildman–Crippen LogP) is 2.79. The van der Waals surface area contributed by atoms with Crippen LogP contribution < -0.4 is 14.8 Å². The highest BCUT2D eigenvalue weighted by molar-refractivity contribution is 5.46. The van der Waals surface area contributed by atoms with Crippen molar-refractivity contribution in [3.63, 3.8) is 0 Å². The van der Waals surface area contributed by atoms with E-state index in [0.29, 0.717) is 5.92 Å². The van der Waals surface area contributed by atoms with Crippen molar-refractivity contribution in [2.75, 3.05) is 27.4 Å². The van der Waals surface area contributed by atoms with Gasteiger partial charge in [-0.3, -0.25) is 4.68 Å². The molecule has 25 heavy (non-hydrogen) atoms. The highest BCUT2D eigenvalue weighted by Crippen LogP contribution is 2.34. The third-order valence-electron chi connectivity index (χ3n) is 4.73. The smallest absolute Gasteiger partial charge is 0.165 e. The molecule has 2 unspecified atom stereocenters. The average Bonchev–Trinajstić information content (AvgIpc) is 3.30. The van der Waals surface area contributed by atoms with Gasteiger partial charge in [-0.25, -0.2) is 0 Å². The van der Waals surface area contributed by atoms with Crippen LogP contribution in [0.3, 0.4) is 0 Å². The van der Waals surface area contributed by atoms with Gasteiger partial charge in [-0.15, -0.1) is 0 Å². The first-order valence-electron chi connectivity index (χ1n) is 8.81. The largest absolute Gasteiger partial charge is 0.493 e. The van der Waals surface area contributed by atoms with Gasteiger partial charge in [-0.05, 0) is 19.4 Å². The molecule has 2 atom stereocenters. The molecule has 136 valence electrons. The number of para-hydroxylation sites is 1. The van der Waals surface area contributed by atoms with E-state index < -0.39 is 0 Å². The molecule has 1 N–H and O–H groups in total. The Morgan fingerprint density at radius 2 is 2.20 bits per heavy atom. The minimum Gasteiger partial charge on any atom is -0.493 e. The van der Waals surface area contributed by atoms with Crippen molar-refractivity contribution < 1.29 is 14.2 Å². The molecular formula is C19H27N3O3. The highest BCUT2D eigenvalue weighted by Gasteiger charge is 2.30. The Kier molecular flexibility index (Phi) is 5.94. The average molecular weight is 345 g/mol. The van der Waals surface area contributed by atoms with Gasteiger partial charge in [0.25, 0.3) is 0 Å². The summed E-state index contributed by atoms with van der Waals surface area (Å²) in [5.41, 5.74) is 2.27. The van der Waals surface area contributed by atoms with E-state index in [0.717, 1.165) is 49.7 Å². The maximum atomic E-state index is 5.96. The molecule has 0 spiro atoms. The molecule has 1 aromatic carbocycles. The van der Waals surface area contributed by atoms with Crippen molar-refractivity contribution >= 4 is 0 Å². The second-order valence-corrected chi connectivity index (χ2v) is 6.25. The van der Waals surface area contributed by atoms with Gasteiger partial charge in [0, 0.05) is 49.5 Å². The fraction of sp³-hybridized carbons (Fsp3) is 0.526. The van der Waals surface area contributed by atoms with Gasteiger partial charge in [-0.2, -0.15) is 5.10 Å². The summed E-state index contributed by atoms with van der Waals surface area (Å²) in [6, 6.07) is 5.95. The highest BCUT2D eigenvalue weighted by atomic mass is 16.5. The number of hydrogen-bond donors (Lipinski definition) is 1. The maximum absolute atomic E-state index is 5.96. The zero-order chi connectivity index (χ0) is 17.6. The molecule has 0 bridgehead atoms. The molecule has 0 amide bonds. The van der Waals surface area contributed by atoms with E-state index in [4.69, 9.17) is 14.2 Å². The Bertz CT molecular complexity index is 686. The van der Waals surface area contributed by atoms with Crippen LogP contribution in [0.25, 0.3) is 0 Å². The van der Waals surface area contributed by atoms with Gasteiger partial charge in [0.2, 0.25) is 0 Å². The molecule has 3 rings (SSSR count). The third kappa shape index (κ3) is 3.96. The van der Waals surface area contributed by atoms with E-state index >= 15 is 0 Å². The monoisotopic (exact) mass is 345 g/mol. The number of nitrogens with one attached hydrogen (secondary N) is 1. The van der Waals surface area contributed by atoms with E-state index in [1.165, 1.54) is 5.56 Å². The molecule has 2 aromatic rings. The number of ether oxygens (including phenoxy) is 3. The fourth-order valence-corrected chi connectivity index (χ4v) is 3.40. The number of rotatable bonds is 8. The lowest BCUT2D eigenvalue weighted by Gasteiger charge is -2.19. The van der Waals surface area contributed by atoms with Gasteiger partial charge >= 0.3 is 0 Å². The lowest BCUT2D eigenvalue weighted by molar-refractivity contribution is 0.0903. The summed E-state index contributed by atoms with van der Waals surface area (Å²) in [6.07, 6.45) is 5.20. The van der Waals surface area contributed by atoms with Gasteiger partial charge < -0.3 is 19.5 Å². The zero-order valence-corrected chi connectivity index (χ0v) is 15.2. The van der Waals surface area contributed by atoms with E-state index in [1.807, 2.05) is 23.0 Å². The summed E-state index contributed by atoms with van der Waals surface area (Å²) in [7, 11) is 3.33. The van der Waals surface area contributed by atoms with Crippen LogP contribution in [0.1, 0.15) is 30.6 Å². The van der Waals surface area contributed by atoms with E-state index in [-0.39, 0.29) is 6.10 Å². The minimum atomic E-state index is 0.125. The lowest BCUT2D eigenvalue weighted by atomic mass is 9.97. The maximum Gasteiger partial charge on any atom is 0.165 e. The molecule has 1 aliphatic rings. The van der Waals surface area contributed by atoms with Crippen molar-refractivity contribution in [3.8, 4) is 11.5 Å². The molecule has 1 aliphatic heterocycles. The van der Waals surface area contributed by atoms with Crippen LogP contribution in [0.5, 0.6) is 11.5 Å². The summed E-state index contributed by atoms with van der Waals surface area (Å²) in [5.74, 6) is 2.00. The Balaban J connectivity index is 1.60. The van der Waals surface area contributed by atoms with Gasteiger partial charge in [-0.1, -0.05) is 12.1 Å². The van der Waals surface area contributed by atoms with Crippen LogP contribution in [0, 0.1) is 5.92 Å². The van der Waals surface area contributed by atoms with Crippen LogP contribution in [-0.2, 0) is 17.8 Å². The van der Waals surface area contributed by atoms with Gasteiger partial charge in [0.05, 0.1) is 26.5 Å². The third-order valence-corrected chi connectivity index (χ3v) is 4.73. The topological polar surface area (TPSA) is 57.5 Å². The van der Waals surface area contributed by atoms with Crippen molar-refractivity contribution in [3.05, 3.63) is 41.7 Å². The molecular weight excluding hydrogens is 318 g/mol. The molecule has 1 fully saturated rings. The first-order chi connectivity index (χ1) is 12.3. The Hall–Kier alpha value is -2.05.